The van der Waals surface area contributed by atoms with Crippen LogP contribution in [0.2, 0.25) is 0 Å². The van der Waals surface area contributed by atoms with Crippen molar-refractivity contribution in [3.05, 3.63) is 60.0 Å². The molecular formula is C27H31NO5. The lowest BCUT2D eigenvalue weighted by molar-refractivity contribution is -0.117. The molecule has 3 aromatic rings. The summed E-state index contributed by atoms with van der Waals surface area (Å²) < 4.78 is 23.4. The van der Waals surface area contributed by atoms with Crippen molar-refractivity contribution >= 4 is 5.78 Å². The minimum atomic E-state index is -0.567. The molecule has 0 radical (unpaired) electrons. The number of hydrogen-bond donors (Lipinski definition) is 0. The Kier molecular flexibility index (Phi) is 7.33. The molecule has 0 spiro atoms. The second-order valence-corrected chi connectivity index (χ2v) is 8.40. The van der Waals surface area contributed by atoms with Gasteiger partial charge in [-0.1, -0.05) is 25.1 Å². The number of methoxy groups -OCH3 is 1. The van der Waals surface area contributed by atoms with Crippen LogP contribution in [-0.2, 0) is 4.79 Å². The van der Waals surface area contributed by atoms with Crippen LogP contribution in [0, 0.1) is 0 Å². The van der Waals surface area contributed by atoms with Crippen LogP contribution in [0.4, 0.5) is 0 Å². The Morgan fingerprint density at radius 2 is 1.91 bits per heavy atom. The predicted molar refractivity (Wildman–Crippen MR) is 126 cm³/mol. The fraction of sp³-hybridized carbons (Fsp3) is 0.407. The molecule has 1 aliphatic rings. The van der Waals surface area contributed by atoms with Crippen LogP contribution in [0.15, 0.2) is 53.1 Å². The molecule has 1 heterocycles. The molecule has 1 saturated carbocycles. The third-order valence-corrected chi connectivity index (χ3v) is 5.92. The van der Waals surface area contributed by atoms with Crippen LogP contribution < -0.4 is 14.2 Å². The first-order chi connectivity index (χ1) is 16.1. The molecule has 0 aliphatic heterocycles. The molecule has 1 unspecified atom stereocenters. The van der Waals surface area contributed by atoms with Gasteiger partial charge in [-0.3, -0.25) is 4.79 Å². The molecule has 6 heteroatoms. The highest BCUT2D eigenvalue weighted by atomic mass is 16.5. The van der Waals surface area contributed by atoms with E-state index in [1.54, 1.807) is 20.3 Å². The molecule has 6 nitrogen and oxygen atoms in total. The number of ether oxygens (including phenoxy) is 3. The van der Waals surface area contributed by atoms with E-state index in [9.17, 15) is 4.79 Å². The number of ketones is 1. The lowest BCUT2D eigenvalue weighted by Crippen LogP contribution is -2.13. The van der Waals surface area contributed by atoms with E-state index < -0.39 is 5.92 Å². The van der Waals surface area contributed by atoms with Crippen molar-refractivity contribution in [1.82, 2.24) is 4.98 Å². The Morgan fingerprint density at radius 3 is 2.64 bits per heavy atom. The summed E-state index contributed by atoms with van der Waals surface area (Å²) in [6.45, 7) is 4.20. The highest BCUT2D eigenvalue weighted by Gasteiger charge is 2.27. The van der Waals surface area contributed by atoms with E-state index in [-0.39, 0.29) is 11.9 Å². The molecule has 1 aromatic heterocycles. The summed E-state index contributed by atoms with van der Waals surface area (Å²) in [4.78, 5) is 17.4. The van der Waals surface area contributed by atoms with Gasteiger partial charge in [-0.05, 0) is 63.3 Å². The van der Waals surface area contributed by atoms with Gasteiger partial charge in [-0.25, -0.2) is 4.98 Å². The number of oxazole rings is 1. The lowest BCUT2D eigenvalue weighted by Gasteiger charge is -2.17. The van der Waals surface area contributed by atoms with Crippen LogP contribution in [0.25, 0.3) is 11.5 Å². The Hall–Kier alpha value is -3.28. The van der Waals surface area contributed by atoms with Crippen LogP contribution in [0.1, 0.15) is 63.1 Å². The van der Waals surface area contributed by atoms with E-state index in [0.29, 0.717) is 35.4 Å². The largest absolute Gasteiger partial charge is 0.493 e. The number of carbonyl (C=O) groups is 1. The summed E-state index contributed by atoms with van der Waals surface area (Å²) in [5.74, 6) is 1.90. The molecule has 0 saturated heterocycles. The maximum absolute atomic E-state index is 12.7. The maximum Gasteiger partial charge on any atom is 0.226 e. The fourth-order valence-corrected chi connectivity index (χ4v) is 4.29. The third-order valence-electron chi connectivity index (χ3n) is 5.92. The number of hydrogen-bond acceptors (Lipinski definition) is 6. The zero-order valence-corrected chi connectivity index (χ0v) is 19.5. The van der Waals surface area contributed by atoms with Crippen molar-refractivity contribution in [3.8, 4) is 28.7 Å². The van der Waals surface area contributed by atoms with E-state index in [0.717, 1.165) is 30.4 Å². The topological polar surface area (TPSA) is 70.8 Å². The summed E-state index contributed by atoms with van der Waals surface area (Å²) in [7, 11) is 1.63. The zero-order chi connectivity index (χ0) is 23.2. The Balaban J connectivity index is 1.64. The minimum absolute atomic E-state index is 0.0256. The second-order valence-electron chi connectivity index (χ2n) is 8.40. The Labute approximate surface area is 194 Å². The first kappa shape index (κ1) is 22.9. The van der Waals surface area contributed by atoms with Crippen LogP contribution in [0.3, 0.4) is 0 Å². The van der Waals surface area contributed by atoms with E-state index in [2.05, 4.69) is 11.9 Å². The summed E-state index contributed by atoms with van der Waals surface area (Å²) in [5, 5.41) is 0. The van der Waals surface area contributed by atoms with Gasteiger partial charge in [0.05, 0.1) is 31.4 Å². The number of para-hydroxylation sites is 1. The molecule has 4 rings (SSSR count). The molecule has 0 amide bonds. The molecule has 0 bridgehead atoms. The quantitative estimate of drug-likeness (QED) is 0.368. The molecule has 33 heavy (non-hydrogen) atoms. The molecule has 1 fully saturated rings. The number of rotatable bonds is 10. The lowest BCUT2D eigenvalue weighted by atomic mass is 9.92. The van der Waals surface area contributed by atoms with Crippen molar-refractivity contribution in [2.45, 2.75) is 58.0 Å². The average molecular weight is 450 g/mol. The summed E-state index contributed by atoms with van der Waals surface area (Å²) >= 11 is 0. The number of carbonyl (C=O) groups excluding carboxylic acids is 1. The van der Waals surface area contributed by atoms with Gasteiger partial charge in [-0.15, -0.1) is 0 Å². The van der Waals surface area contributed by atoms with Gasteiger partial charge in [-0.2, -0.15) is 0 Å². The van der Waals surface area contributed by atoms with Crippen LogP contribution in [-0.4, -0.2) is 30.6 Å². The van der Waals surface area contributed by atoms with E-state index in [1.807, 2.05) is 42.5 Å². The number of aromatic nitrogens is 1. The zero-order valence-electron chi connectivity index (χ0n) is 19.5. The first-order valence-electron chi connectivity index (χ1n) is 11.6. The number of nitrogens with zero attached hydrogens (tertiary/aromatic N) is 1. The van der Waals surface area contributed by atoms with E-state index in [4.69, 9.17) is 18.6 Å². The molecule has 1 atom stereocenters. The predicted octanol–water partition coefficient (Wildman–Crippen LogP) is 6.18. The maximum atomic E-state index is 12.7. The summed E-state index contributed by atoms with van der Waals surface area (Å²) in [6.07, 6.45) is 7.12. The molecule has 174 valence electrons. The monoisotopic (exact) mass is 449 g/mol. The standard InChI is InChI=1S/C27H31NO5/c1-4-15-31-23-12-8-7-11-21(23)26(18(2)29)22-17-32-27(28-22)19-13-14-24(30-3)25(16-19)33-20-9-5-6-10-20/h7-8,11-14,16-17,20,26H,4-6,9-10,15H2,1-3H3. The van der Waals surface area contributed by atoms with Crippen LogP contribution in [0.5, 0.6) is 17.2 Å². The van der Waals surface area contributed by atoms with Gasteiger partial charge in [0.2, 0.25) is 5.89 Å². The summed E-state index contributed by atoms with van der Waals surface area (Å²) in [6, 6.07) is 13.2. The summed E-state index contributed by atoms with van der Waals surface area (Å²) in [5.41, 5.74) is 2.12. The smallest absolute Gasteiger partial charge is 0.226 e. The Bertz CT molecular complexity index is 1080. The molecule has 1 aliphatic carbocycles. The van der Waals surface area contributed by atoms with Crippen molar-refractivity contribution in [1.29, 1.82) is 0 Å². The van der Waals surface area contributed by atoms with Crippen molar-refractivity contribution in [3.63, 3.8) is 0 Å². The molecule has 0 N–H and O–H groups in total. The second kappa shape index (κ2) is 10.6. The van der Waals surface area contributed by atoms with E-state index in [1.165, 1.54) is 12.8 Å². The number of Topliss-reactive ketones (excluding diaryl/α,β-unsaturated/α-hetero) is 1. The van der Waals surface area contributed by atoms with Gasteiger partial charge >= 0.3 is 0 Å². The van der Waals surface area contributed by atoms with Gasteiger partial charge < -0.3 is 18.6 Å². The highest BCUT2D eigenvalue weighted by molar-refractivity contribution is 5.87. The van der Waals surface area contributed by atoms with Gasteiger partial charge in [0.25, 0.3) is 0 Å². The van der Waals surface area contributed by atoms with Gasteiger partial charge in [0, 0.05) is 11.1 Å². The van der Waals surface area contributed by atoms with Crippen molar-refractivity contribution in [2.24, 2.45) is 0 Å². The first-order valence-corrected chi connectivity index (χ1v) is 11.6. The van der Waals surface area contributed by atoms with E-state index >= 15 is 0 Å². The normalized spacial score (nSPS) is 14.8. The molecule has 2 aromatic carbocycles. The fourth-order valence-electron chi connectivity index (χ4n) is 4.29. The van der Waals surface area contributed by atoms with Gasteiger partial charge in [0.15, 0.2) is 11.5 Å². The highest BCUT2D eigenvalue weighted by Crippen LogP contribution is 2.37. The molecular weight excluding hydrogens is 418 g/mol. The SMILES string of the molecule is CCCOc1ccccc1C(C(C)=O)c1coc(-c2ccc(OC)c(OC3CCCC3)c2)n1. The van der Waals surface area contributed by atoms with Gasteiger partial charge in [0.1, 0.15) is 17.8 Å². The van der Waals surface area contributed by atoms with Crippen molar-refractivity contribution in [2.75, 3.05) is 13.7 Å². The van der Waals surface area contributed by atoms with Crippen molar-refractivity contribution < 1.29 is 23.4 Å². The minimum Gasteiger partial charge on any atom is -0.493 e. The van der Waals surface area contributed by atoms with Crippen LogP contribution >= 0.6 is 0 Å². The third kappa shape index (κ3) is 5.21. The Morgan fingerprint density at radius 1 is 1.12 bits per heavy atom. The average Bonchev–Trinajstić information content (AvgIpc) is 3.51. The number of benzene rings is 2.